The second-order valence-corrected chi connectivity index (χ2v) is 19.2. The van der Waals surface area contributed by atoms with Crippen molar-refractivity contribution >= 4 is 24.2 Å². The summed E-state index contributed by atoms with van der Waals surface area (Å²) in [5.74, 6) is -2.72. The van der Waals surface area contributed by atoms with Crippen molar-refractivity contribution in [3.63, 3.8) is 0 Å². The molecule has 19 atom stereocenters. The highest BCUT2D eigenvalue weighted by molar-refractivity contribution is 5.72. The van der Waals surface area contributed by atoms with E-state index in [1.54, 1.807) is 53.6 Å². The maximum atomic E-state index is 13.6. The molecule has 0 aromatic heterocycles. The van der Waals surface area contributed by atoms with Crippen LogP contribution in [-0.2, 0) is 66.5 Å². The van der Waals surface area contributed by atoms with Crippen molar-refractivity contribution in [1.29, 1.82) is 0 Å². The van der Waals surface area contributed by atoms with Gasteiger partial charge in [-0.05, 0) is 93.9 Å². The second kappa shape index (κ2) is 25.6. The van der Waals surface area contributed by atoms with Gasteiger partial charge in [0.15, 0.2) is 25.0 Å². The maximum Gasteiger partial charge on any atom is 0.309 e. The number of cyclic esters (lactones) is 1. The van der Waals surface area contributed by atoms with E-state index in [1.807, 2.05) is 52.2 Å². The number of carbonyl (C=O) groups is 4. The smallest absolute Gasteiger partial charge is 0.309 e. The van der Waals surface area contributed by atoms with Crippen molar-refractivity contribution in [2.45, 2.75) is 210 Å². The third-order valence-corrected chi connectivity index (χ3v) is 13.2. The van der Waals surface area contributed by atoms with Gasteiger partial charge in [-0.3, -0.25) is 14.4 Å². The van der Waals surface area contributed by atoms with Gasteiger partial charge in [-0.2, -0.15) is 0 Å². The van der Waals surface area contributed by atoms with Gasteiger partial charge in [0, 0.05) is 45.8 Å². The van der Waals surface area contributed by atoms with E-state index in [4.69, 9.17) is 47.4 Å². The van der Waals surface area contributed by atoms with Crippen LogP contribution in [-0.4, -0.2) is 183 Å². The number of likely N-dealkylation sites (N-methyl/N-ethyl adjacent to an activating group) is 2. The highest BCUT2D eigenvalue weighted by Crippen LogP contribution is 2.38. The van der Waals surface area contributed by atoms with Gasteiger partial charge in [-0.1, -0.05) is 38.2 Å². The molecule has 0 amide bonds. The first kappa shape index (κ1) is 55.7. The summed E-state index contributed by atoms with van der Waals surface area (Å²) in [6.45, 7) is 13.7. The number of rotatable bonds is 14. The molecule has 4 heterocycles. The monoisotopic (exact) mass is 941 g/mol. The Morgan fingerprint density at radius 3 is 2.18 bits per heavy atom. The molecule has 0 bridgehead atoms. The number of aliphatic hydroxyl groups is 2. The summed E-state index contributed by atoms with van der Waals surface area (Å²) >= 11 is 0. The molecule has 4 rings (SSSR count). The van der Waals surface area contributed by atoms with Crippen LogP contribution in [0.4, 0.5) is 0 Å². The summed E-state index contributed by atoms with van der Waals surface area (Å²) in [5, 5.41) is 23.6. The van der Waals surface area contributed by atoms with Crippen molar-refractivity contribution in [3.05, 3.63) is 24.3 Å². The zero-order valence-electron chi connectivity index (χ0n) is 41.4. The number of allylic oxidation sites excluding steroid dienone is 2. The SMILES string of the molecule is CCC(=O)OC1CC(=O)OC(C)C/C=C/C=C/C(OC2CCC(N(C)C)C(C)O2)C(C)CC(CC=O)C(OC2OC(C)C(OC3CC(C)(O)C(OC(C)=O)C(C)O3)C(N(C)C)C2O)C1OC. The summed E-state index contributed by atoms with van der Waals surface area (Å²) in [5.41, 5.74) is -1.50. The maximum absolute atomic E-state index is 13.6. The van der Waals surface area contributed by atoms with Crippen molar-refractivity contribution in [2.75, 3.05) is 35.3 Å². The highest BCUT2D eigenvalue weighted by Gasteiger charge is 2.53. The summed E-state index contributed by atoms with van der Waals surface area (Å²) < 4.78 is 62.4. The molecule has 4 aliphatic heterocycles. The van der Waals surface area contributed by atoms with E-state index in [0.29, 0.717) is 19.3 Å². The highest BCUT2D eigenvalue weighted by atomic mass is 16.7. The van der Waals surface area contributed by atoms with Crippen molar-refractivity contribution in [3.8, 4) is 0 Å². The molecule has 3 fully saturated rings. The Labute approximate surface area is 391 Å². The summed E-state index contributed by atoms with van der Waals surface area (Å²) in [7, 11) is 9.01. The number of carbonyl (C=O) groups excluding carboxylic acids is 4. The lowest BCUT2D eigenvalue weighted by Gasteiger charge is -2.50. The van der Waals surface area contributed by atoms with E-state index in [2.05, 4.69) is 4.90 Å². The van der Waals surface area contributed by atoms with Crippen molar-refractivity contribution < 1.29 is 76.8 Å². The van der Waals surface area contributed by atoms with E-state index in [-0.39, 0.29) is 43.7 Å². The number of nitrogens with zero attached hydrogens (tertiary/aromatic N) is 2. The lowest BCUT2D eigenvalue weighted by atomic mass is 9.82. The zero-order valence-corrected chi connectivity index (χ0v) is 41.4. The lowest BCUT2D eigenvalue weighted by Crippen LogP contribution is -2.66. The Hall–Kier alpha value is -2.88. The molecule has 2 N–H and O–H groups in total. The van der Waals surface area contributed by atoms with Crippen LogP contribution in [0, 0.1) is 11.8 Å². The van der Waals surface area contributed by atoms with Gasteiger partial charge >= 0.3 is 17.9 Å². The second-order valence-electron chi connectivity index (χ2n) is 19.2. The van der Waals surface area contributed by atoms with Crippen LogP contribution >= 0.6 is 0 Å². The van der Waals surface area contributed by atoms with Crippen LogP contribution in [0.15, 0.2) is 24.3 Å². The minimum Gasteiger partial charge on any atom is -0.462 e. The Bertz CT molecular complexity index is 1610. The van der Waals surface area contributed by atoms with E-state index in [0.717, 1.165) is 12.7 Å². The Morgan fingerprint density at radius 1 is 0.894 bits per heavy atom. The third kappa shape index (κ3) is 15.3. The minimum atomic E-state index is -1.50. The lowest BCUT2D eigenvalue weighted by molar-refractivity contribution is -0.344. The predicted molar refractivity (Wildman–Crippen MR) is 241 cm³/mol. The molecule has 4 aliphatic rings. The average molecular weight is 941 g/mol. The topological polar surface area (TPSA) is 208 Å². The molecular weight excluding hydrogens is 861 g/mol. The Kier molecular flexibility index (Phi) is 21.7. The molecule has 0 aromatic carbocycles. The zero-order chi connectivity index (χ0) is 49.0. The number of hydrogen-bond donors (Lipinski definition) is 2. The summed E-state index contributed by atoms with van der Waals surface area (Å²) in [6.07, 6.45) is -1.89. The van der Waals surface area contributed by atoms with Crippen molar-refractivity contribution in [1.82, 2.24) is 9.80 Å². The molecule has 0 aromatic rings. The molecule has 0 spiro atoms. The molecular formula is C48H80N2O16. The Morgan fingerprint density at radius 2 is 1.59 bits per heavy atom. The first-order valence-electron chi connectivity index (χ1n) is 23.6. The molecule has 378 valence electrons. The van der Waals surface area contributed by atoms with Gasteiger partial charge < -0.3 is 72.2 Å². The Balaban J connectivity index is 1.73. The van der Waals surface area contributed by atoms with Gasteiger partial charge in [0.1, 0.15) is 42.4 Å². The molecule has 18 nitrogen and oxygen atoms in total. The van der Waals surface area contributed by atoms with Gasteiger partial charge in [0.25, 0.3) is 0 Å². The summed E-state index contributed by atoms with van der Waals surface area (Å²) in [6, 6.07) is -0.545. The van der Waals surface area contributed by atoms with Crippen LogP contribution in [0.3, 0.4) is 0 Å². The van der Waals surface area contributed by atoms with E-state index < -0.39 is 115 Å². The third-order valence-electron chi connectivity index (χ3n) is 13.2. The van der Waals surface area contributed by atoms with Crippen LogP contribution in [0.1, 0.15) is 107 Å². The molecule has 0 radical (unpaired) electrons. The van der Waals surface area contributed by atoms with Gasteiger partial charge in [0.2, 0.25) is 0 Å². The first-order chi connectivity index (χ1) is 31.1. The number of methoxy groups -OCH3 is 1. The van der Waals surface area contributed by atoms with E-state index in [9.17, 15) is 29.4 Å². The average Bonchev–Trinajstić information content (AvgIpc) is 3.22. The number of aliphatic hydroxyl groups excluding tert-OH is 1. The molecule has 3 saturated heterocycles. The van der Waals surface area contributed by atoms with Crippen LogP contribution in [0.25, 0.3) is 0 Å². The molecule has 0 aliphatic carbocycles. The van der Waals surface area contributed by atoms with E-state index in [1.165, 1.54) is 14.0 Å². The standard InChI is InChI=1S/C48H80N2O16/c1-14-37(53)63-36-25-38(54)58-28(3)18-16-15-17-19-35(64-39-21-20-34(49(9)10)29(4)59-39)27(2)24-33(22-23-51)44(45(36)57-13)66-47-42(55)41(50(11)12)43(30(5)61-47)65-40-26-48(8,56)46(31(6)60-40)62-32(7)52/h15-17,19,23,27-31,33-36,39-47,55-56H,14,18,20-22,24-26H2,1-13H3/b16-15+,19-17+. The van der Waals surface area contributed by atoms with Gasteiger partial charge in [0.05, 0.1) is 43.0 Å². The predicted octanol–water partition coefficient (Wildman–Crippen LogP) is 3.86. The fourth-order valence-electron chi connectivity index (χ4n) is 9.84. The van der Waals surface area contributed by atoms with Crippen molar-refractivity contribution in [2.24, 2.45) is 11.8 Å². The number of hydrogen-bond acceptors (Lipinski definition) is 18. The molecule has 66 heavy (non-hydrogen) atoms. The molecule has 0 saturated carbocycles. The van der Waals surface area contributed by atoms with E-state index >= 15 is 0 Å². The number of esters is 3. The fraction of sp³-hybridized carbons (Fsp3) is 0.833. The van der Waals surface area contributed by atoms with Crippen LogP contribution in [0.5, 0.6) is 0 Å². The fourth-order valence-corrected chi connectivity index (χ4v) is 9.84. The number of ether oxygens (including phenoxy) is 10. The van der Waals surface area contributed by atoms with Crippen LogP contribution < -0.4 is 0 Å². The first-order valence-corrected chi connectivity index (χ1v) is 23.6. The quantitative estimate of drug-likeness (QED) is 0.144. The number of aldehydes is 1. The normalized spacial score (nSPS) is 42.0. The molecule has 18 heteroatoms. The summed E-state index contributed by atoms with van der Waals surface area (Å²) in [4.78, 5) is 55.1. The van der Waals surface area contributed by atoms with Gasteiger partial charge in [-0.25, -0.2) is 0 Å². The van der Waals surface area contributed by atoms with Crippen LogP contribution in [0.2, 0.25) is 0 Å². The van der Waals surface area contributed by atoms with Gasteiger partial charge in [-0.15, -0.1) is 0 Å². The largest absolute Gasteiger partial charge is 0.462 e. The molecule has 19 unspecified atom stereocenters. The minimum absolute atomic E-state index is 0.00317.